The molecule has 0 radical (unpaired) electrons. The Morgan fingerprint density at radius 2 is 0.694 bits per heavy atom. The Hall–Kier alpha value is -4.68. The maximum atomic E-state index is 8.27. The van der Waals surface area contributed by atoms with Gasteiger partial charge in [-0.15, -0.1) is 0 Å². The molecule has 0 aliphatic carbocycles. The summed E-state index contributed by atoms with van der Waals surface area (Å²) >= 11 is 0. The minimum Gasteiger partial charge on any atom is -0.0616 e. The van der Waals surface area contributed by atoms with Gasteiger partial charge in [0.2, 0.25) is 0 Å². The minimum absolute atomic E-state index is 0.507. The molecule has 0 amide bonds. The Morgan fingerprint density at radius 3 is 1.17 bits per heavy atom. The number of hydrogen-bond donors (Lipinski definition) is 0. The molecular formula is C36H24. The zero-order valence-electron chi connectivity index (χ0n) is 21.7. The zero-order chi connectivity index (χ0) is 25.6. The quantitative estimate of drug-likeness (QED) is 0.247. The molecule has 0 bridgehead atoms. The normalized spacial score (nSPS) is 12.1. The van der Waals surface area contributed by atoms with Crippen LogP contribution in [-0.4, -0.2) is 0 Å². The van der Waals surface area contributed by atoms with Gasteiger partial charge in [-0.1, -0.05) is 127 Å². The van der Waals surface area contributed by atoms with E-state index in [1.165, 1.54) is 16.3 Å². The largest absolute Gasteiger partial charge is 0.0623 e. The van der Waals surface area contributed by atoms with Crippen molar-refractivity contribution in [1.29, 1.82) is 0 Å². The lowest BCUT2D eigenvalue weighted by atomic mass is 9.89. The van der Waals surface area contributed by atoms with Crippen LogP contribution in [0.5, 0.6) is 0 Å². The lowest BCUT2D eigenvalue weighted by Crippen LogP contribution is -1.89. The van der Waals surface area contributed by atoms with Crippen LogP contribution in [0.3, 0.4) is 0 Å². The average Bonchev–Trinajstić information content (AvgIpc) is 2.96. The molecule has 0 aliphatic rings. The Morgan fingerprint density at radius 1 is 0.333 bits per heavy atom. The Bertz CT molecular complexity index is 1890. The fraction of sp³-hybridized carbons (Fsp3) is 0. The molecule has 7 aromatic carbocycles. The third-order valence-electron chi connectivity index (χ3n) is 7.11. The van der Waals surface area contributed by atoms with E-state index in [4.69, 9.17) is 2.74 Å². The molecule has 0 atom stereocenters. The summed E-state index contributed by atoms with van der Waals surface area (Å²) in [7, 11) is 0. The molecule has 0 N–H and O–H groups in total. The van der Waals surface area contributed by atoms with E-state index in [1.54, 1.807) is 0 Å². The monoisotopic (exact) mass is 458 g/mol. The standard InChI is InChI=1S/C36H24/c1-4-16-31-25(10-1)13-7-19-34(31)28-22-29(35-20-8-14-26-11-2-5-17-32(26)35)24-30(23-28)36-21-9-15-27-12-3-6-18-33(27)36/h1-24H/i4D,5D. The van der Waals surface area contributed by atoms with Gasteiger partial charge in [0.05, 0.1) is 2.74 Å². The van der Waals surface area contributed by atoms with Gasteiger partial charge in [0.15, 0.2) is 0 Å². The summed E-state index contributed by atoms with van der Waals surface area (Å²) in [5.74, 6) is 0. The van der Waals surface area contributed by atoms with Crippen LogP contribution in [0.4, 0.5) is 0 Å². The maximum absolute atomic E-state index is 8.27. The van der Waals surface area contributed by atoms with Crippen LogP contribution in [0, 0.1) is 0 Å². The van der Waals surface area contributed by atoms with Gasteiger partial charge in [0.1, 0.15) is 0 Å². The molecule has 168 valence electrons. The van der Waals surface area contributed by atoms with E-state index in [9.17, 15) is 0 Å². The first-order valence-corrected chi connectivity index (χ1v) is 12.3. The predicted molar refractivity (Wildman–Crippen MR) is 155 cm³/mol. The van der Waals surface area contributed by atoms with Crippen molar-refractivity contribution >= 4 is 32.3 Å². The van der Waals surface area contributed by atoms with Crippen molar-refractivity contribution in [2.24, 2.45) is 0 Å². The highest BCUT2D eigenvalue weighted by molar-refractivity contribution is 6.03. The molecule has 0 saturated carbocycles. The fourth-order valence-corrected chi connectivity index (χ4v) is 5.39. The molecule has 0 heterocycles. The van der Waals surface area contributed by atoms with E-state index in [2.05, 4.69) is 97.1 Å². The molecule has 0 unspecified atom stereocenters. The van der Waals surface area contributed by atoms with Gasteiger partial charge < -0.3 is 0 Å². The smallest absolute Gasteiger partial charge is 0.0616 e. The van der Waals surface area contributed by atoms with Crippen LogP contribution in [-0.2, 0) is 0 Å². The molecule has 7 rings (SSSR count). The first-order chi connectivity index (χ1) is 18.6. The van der Waals surface area contributed by atoms with Crippen molar-refractivity contribution in [3.8, 4) is 33.4 Å². The van der Waals surface area contributed by atoms with Crippen LogP contribution in [0.25, 0.3) is 65.7 Å². The number of fused-ring (bicyclic) bond motifs is 3. The molecule has 36 heavy (non-hydrogen) atoms. The molecule has 7 aromatic rings. The fourth-order valence-electron chi connectivity index (χ4n) is 5.39. The highest BCUT2D eigenvalue weighted by Crippen LogP contribution is 2.39. The lowest BCUT2D eigenvalue weighted by molar-refractivity contribution is 1.60. The average molecular weight is 459 g/mol. The Kier molecular flexibility index (Phi) is 4.41. The summed E-state index contributed by atoms with van der Waals surface area (Å²) in [6, 6.07) is 47.2. The van der Waals surface area contributed by atoms with E-state index >= 15 is 0 Å². The molecule has 0 aliphatic heterocycles. The van der Waals surface area contributed by atoms with Crippen molar-refractivity contribution in [3.05, 3.63) is 146 Å². The van der Waals surface area contributed by atoms with Gasteiger partial charge in [0.25, 0.3) is 0 Å². The number of benzene rings is 7. The first-order valence-electron chi connectivity index (χ1n) is 13.3. The highest BCUT2D eigenvalue weighted by Gasteiger charge is 2.12. The zero-order valence-corrected chi connectivity index (χ0v) is 19.7. The second-order valence-corrected chi connectivity index (χ2v) is 9.23. The van der Waals surface area contributed by atoms with Crippen molar-refractivity contribution in [2.75, 3.05) is 0 Å². The van der Waals surface area contributed by atoms with Gasteiger partial charge in [-0.25, -0.2) is 0 Å². The minimum atomic E-state index is 0.507. The summed E-state index contributed by atoms with van der Waals surface area (Å²) in [4.78, 5) is 0. The third kappa shape index (κ3) is 3.47. The maximum Gasteiger partial charge on any atom is 0.0623 e. The van der Waals surface area contributed by atoms with Gasteiger partial charge in [-0.05, 0) is 83.9 Å². The molecule has 0 spiro atoms. The Balaban J connectivity index is 1.56. The van der Waals surface area contributed by atoms with Crippen LogP contribution in [0.1, 0.15) is 2.74 Å². The second-order valence-electron chi connectivity index (χ2n) is 9.23. The summed E-state index contributed by atoms with van der Waals surface area (Å²) in [6.45, 7) is 0. The van der Waals surface area contributed by atoms with Crippen LogP contribution < -0.4 is 0 Å². The van der Waals surface area contributed by atoms with E-state index in [0.29, 0.717) is 12.1 Å². The van der Waals surface area contributed by atoms with Gasteiger partial charge in [0, 0.05) is 0 Å². The van der Waals surface area contributed by atoms with Crippen molar-refractivity contribution < 1.29 is 2.74 Å². The summed E-state index contributed by atoms with van der Waals surface area (Å²) in [6.07, 6.45) is 0. The molecule has 0 nitrogen and oxygen atoms in total. The van der Waals surface area contributed by atoms with Crippen LogP contribution >= 0.6 is 0 Å². The van der Waals surface area contributed by atoms with E-state index in [1.807, 2.05) is 36.4 Å². The van der Waals surface area contributed by atoms with E-state index in [-0.39, 0.29) is 0 Å². The SMILES string of the molecule is [2H]c1ccc2cccc(-c3cc(-c4cccc5ccccc45)cc(-c4cccc5ccc([2H])cc45)c3)c2c1. The summed E-state index contributed by atoms with van der Waals surface area (Å²) < 4.78 is 16.5. The van der Waals surface area contributed by atoms with Crippen molar-refractivity contribution in [3.63, 3.8) is 0 Å². The molecule has 0 fully saturated rings. The molecular weight excluding hydrogens is 432 g/mol. The van der Waals surface area contributed by atoms with Crippen LogP contribution in [0.2, 0.25) is 0 Å². The summed E-state index contributed by atoms with van der Waals surface area (Å²) in [5, 5.41) is 6.83. The molecule has 0 heteroatoms. The van der Waals surface area contributed by atoms with Gasteiger partial charge in [-0.3, -0.25) is 0 Å². The topological polar surface area (TPSA) is 0 Å². The highest BCUT2D eigenvalue weighted by atomic mass is 14.2. The van der Waals surface area contributed by atoms with Crippen molar-refractivity contribution in [2.45, 2.75) is 0 Å². The summed E-state index contributed by atoms with van der Waals surface area (Å²) in [5.41, 5.74) is 6.78. The molecule has 0 aromatic heterocycles. The van der Waals surface area contributed by atoms with Gasteiger partial charge in [-0.2, -0.15) is 0 Å². The van der Waals surface area contributed by atoms with E-state index in [0.717, 1.165) is 49.4 Å². The van der Waals surface area contributed by atoms with Gasteiger partial charge >= 0.3 is 0 Å². The first kappa shape index (κ1) is 18.6. The van der Waals surface area contributed by atoms with Crippen molar-refractivity contribution in [1.82, 2.24) is 0 Å². The Labute approximate surface area is 213 Å². The second kappa shape index (κ2) is 8.52. The number of hydrogen-bond acceptors (Lipinski definition) is 0. The number of rotatable bonds is 3. The predicted octanol–water partition coefficient (Wildman–Crippen LogP) is 10.1. The van der Waals surface area contributed by atoms with E-state index < -0.39 is 0 Å². The third-order valence-corrected chi connectivity index (χ3v) is 7.11. The lowest BCUT2D eigenvalue weighted by Gasteiger charge is -2.15. The van der Waals surface area contributed by atoms with Crippen LogP contribution in [0.15, 0.2) is 146 Å². The molecule has 0 saturated heterocycles.